The summed E-state index contributed by atoms with van der Waals surface area (Å²) in [6, 6.07) is 0. The van der Waals surface area contributed by atoms with E-state index in [-0.39, 0.29) is 18.0 Å². The first kappa shape index (κ1) is 13.0. The number of ether oxygens (including phenoxy) is 1. The molecule has 0 aromatic carbocycles. The monoisotopic (exact) mass is 224 g/mol. The molecule has 0 amide bonds. The van der Waals surface area contributed by atoms with E-state index in [0.717, 1.165) is 19.3 Å². The Bertz CT molecular complexity index is 281. The number of hydrogen-bond acceptors (Lipinski definition) is 3. The molecule has 1 N–H and O–H groups in total. The number of esters is 1. The van der Waals surface area contributed by atoms with Crippen LogP contribution in [-0.2, 0) is 9.53 Å². The molecule has 0 aliphatic heterocycles. The number of aliphatic hydroxyl groups excluding tert-OH is 1. The molecule has 0 aromatic rings. The van der Waals surface area contributed by atoms with Crippen LogP contribution < -0.4 is 0 Å². The van der Waals surface area contributed by atoms with Gasteiger partial charge in [-0.25, -0.2) is 0 Å². The van der Waals surface area contributed by atoms with Gasteiger partial charge in [-0.1, -0.05) is 25.5 Å². The predicted octanol–water partition coefficient (Wildman–Crippen LogP) is 2.42. The standard InChI is InChI=1S/C13H20O3/c1-3-4-12-9-11(5-6-13(12)15)7-8-16-10(2)14/h5-8,11-13,15H,3-4,9H2,1-2H3/b8-7+/t11-,12-,13-/m1/s1. The van der Waals surface area contributed by atoms with Gasteiger partial charge in [0.1, 0.15) is 0 Å². The molecule has 1 aliphatic rings. The molecule has 0 saturated heterocycles. The molecule has 3 atom stereocenters. The van der Waals surface area contributed by atoms with Crippen LogP contribution in [0.1, 0.15) is 33.1 Å². The van der Waals surface area contributed by atoms with Crippen LogP contribution in [0.2, 0.25) is 0 Å². The van der Waals surface area contributed by atoms with Crippen molar-refractivity contribution >= 4 is 5.97 Å². The van der Waals surface area contributed by atoms with Crippen molar-refractivity contribution in [1.82, 2.24) is 0 Å². The van der Waals surface area contributed by atoms with Gasteiger partial charge in [-0.05, 0) is 30.8 Å². The lowest BCUT2D eigenvalue weighted by Gasteiger charge is -2.26. The van der Waals surface area contributed by atoms with E-state index in [1.54, 1.807) is 0 Å². The van der Waals surface area contributed by atoms with E-state index >= 15 is 0 Å². The van der Waals surface area contributed by atoms with Crippen molar-refractivity contribution < 1.29 is 14.6 Å². The van der Waals surface area contributed by atoms with Crippen molar-refractivity contribution in [2.75, 3.05) is 0 Å². The summed E-state index contributed by atoms with van der Waals surface area (Å²) in [7, 11) is 0. The third kappa shape index (κ3) is 4.19. The topological polar surface area (TPSA) is 46.5 Å². The van der Waals surface area contributed by atoms with Crippen molar-refractivity contribution in [3.05, 3.63) is 24.5 Å². The Labute approximate surface area is 96.8 Å². The van der Waals surface area contributed by atoms with E-state index < -0.39 is 0 Å². The van der Waals surface area contributed by atoms with Crippen LogP contribution in [0.15, 0.2) is 24.5 Å². The third-order valence-electron chi connectivity index (χ3n) is 2.83. The first-order chi connectivity index (χ1) is 7.63. The molecule has 0 radical (unpaired) electrons. The minimum absolute atomic E-state index is 0.263. The maximum atomic E-state index is 10.6. The number of allylic oxidation sites excluding steroid dienone is 2. The van der Waals surface area contributed by atoms with E-state index in [1.165, 1.54) is 13.2 Å². The van der Waals surface area contributed by atoms with E-state index in [0.29, 0.717) is 5.92 Å². The zero-order chi connectivity index (χ0) is 12.0. The summed E-state index contributed by atoms with van der Waals surface area (Å²) < 4.78 is 4.75. The normalized spacial score (nSPS) is 29.6. The zero-order valence-corrected chi connectivity index (χ0v) is 9.93. The van der Waals surface area contributed by atoms with Crippen LogP contribution >= 0.6 is 0 Å². The quantitative estimate of drug-likeness (QED) is 0.453. The molecule has 0 fully saturated rings. The summed E-state index contributed by atoms with van der Waals surface area (Å²) in [5, 5.41) is 9.74. The number of hydrogen-bond donors (Lipinski definition) is 1. The fourth-order valence-electron chi connectivity index (χ4n) is 2.02. The van der Waals surface area contributed by atoms with Gasteiger partial charge in [0, 0.05) is 6.92 Å². The van der Waals surface area contributed by atoms with Gasteiger partial charge in [0.2, 0.25) is 0 Å². The summed E-state index contributed by atoms with van der Waals surface area (Å²) in [6.07, 6.45) is 9.83. The van der Waals surface area contributed by atoms with Crippen LogP contribution in [0.5, 0.6) is 0 Å². The molecule has 16 heavy (non-hydrogen) atoms. The van der Waals surface area contributed by atoms with Crippen molar-refractivity contribution in [1.29, 1.82) is 0 Å². The van der Waals surface area contributed by atoms with Gasteiger partial charge in [-0.3, -0.25) is 4.79 Å². The van der Waals surface area contributed by atoms with Gasteiger partial charge in [0.25, 0.3) is 0 Å². The Morgan fingerprint density at radius 3 is 2.94 bits per heavy atom. The third-order valence-corrected chi connectivity index (χ3v) is 2.83. The zero-order valence-electron chi connectivity index (χ0n) is 9.93. The SMILES string of the molecule is CCC[C@@H]1C[C@@H](/C=C/OC(C)=O)C=C[C@H]1O. The van der Waals surface area contributed by atoms with E-state index in [4.69, 9.17) is 4.74 Å². The molecule has 0 saturated carbocycles. The minimum atomic E-state index is -0.321. The van der Waals surface area contributed by atoms with Gasteiger partial charge in [-0.2, -0.15) is 0 Å². The Kier molecular flexibility index (Phi) is 5.26. The van der Waals surface area contributed by atoms with Gasteiger partial charge < -0.3 is 9.84 Å². The van der Waals surface area contributed by atoms with Crippen molar-refractivity contribution in [2.24, 2.45) is 11.8 Å². The molecule has 0 heterocycles. The summed E-state index contributed by atoms with van der Waals surface area (Å²) in [5.41, 5.74) is 0. The van der Waals surface area contributed by atoms with Gasteiger partial charge in [-0.15, -0.1) is 0 Å². The average Bonchev–Trinajstić information content (AvgIpc) is 2.22. The smallest absolute Gasteiger partial charge is 0.307 e. The number of carbonyl (C=O) groups excluding carboxylic acids is 1. The lowest BCUT2D eigenvalue weighted by Crippen LogP contribution is -2.24. The highest BCUT2D eigenvalue weighted by Gasteiger charge is 2.22. The highest BCUT2D eigenvalue weighted by Crippen LogP contribution is 2.28. The minimum Gasteiger partial charge on any atom is -0.435 e. The Morgan fingerprint density at radius 1 is 1.56 bits per heavy atom. The molecule has 0 aromatic heterocycles. The Hall–Kier alpha value is -1.09. The van der Waals surface area contributed by atoms with Gasteiger partial charge in [0.05, 0.1) is 12.4 Å². The molecule has 1 aliphatic carbocycles. The summed E-state index contributed by atoms with van der Waals surface area (Å²) in [6.45, 7) is 3.50. The molecule has 0 spiro atoms. The van der Waals surface area contributed by atoms with Crippen molar-refractivity contribution in [2.45, 2.75) is 39.2 Å². The maximum Gasteiger partial charge on any atom is 0.307 e. The molecular formula is C13H20O3. The predicted molar refractivity (Wildman–Crippen MR) is 62.6 cm³/mol. The fraction of sp³-hybridized carbons (Fsp3) is 0.615. The average molecular weight is 224 g/mol. The molecule has 90 valence electrons. The number of carbonyl (C=O) groups is 1. The van der Waals surface area contributed by atoms with Crippen LogP contribution in [0.3, 0.4) is 0 Å². The highest BCUT2D eigenvalue weighted by atomic mass is 16.5. The lowest BCUT2D eigenvalue weighted by molar-refractivity contribution is -0.135. The van der Waals surface area contributed by atoms with Crippen molar-refractivity contribution in [3.8, 4) is 0 Å². The fourth-order valence-corrected chi connectivity index (χ4v) is 2.02. The number of rotatable bonds is 4. The summed E-state index contributed by atoms with van der Waals surface area (Å²) >= 11 is 0. The lowest BCUT2D eigenvalue weighted by atomic mass is 9.82. The van der Waals surface area contributed by atoms with Gasteiger partial charge in [0.15, 0.2) is 0 Å². The van der Waals surface area contributed by atoms with E-state index in [2.05, 4.69) is 6.92 Å². The second-order valence-corrected chi connectivity index (χ2v) is 4.26. The highest BCUT2D eigenvalue weighted by molar-refractivity contribution is 5.66. The van der Waals surface area contributed by atoms with Crippen LogP contribution in [0, 0.1) is 11.8 Å². The molecule has 1 rings (SSSR count). The van der Waals surface area contributed by atoms with Crippen molar-refractivity contribution in [3.63, 3.8) is 0 Å². The summed E-state index contributed by atoms with van der Waals surface area (Å²) in [4.78, 5) is 10.6. The first-order valence-corrected chi connectivity index (χ1v) is 5.83. The van der Waals surface area contributed by atoms with Crippen LogP contribution in [0.4, 0.5) is 0 Å². The number of aliphatic hydroxyl groups is 1. The molecular weight excluding hydrogens is 204 g/mol. The Balaban J connectivity index is 2.47. The van der Waals surface area contributed by atoms with E-state index in [9.17, 15) is 9.90 Å². The second kappa shape index (κ2) is 6.48. The maximum absolute atomic E-state index is 10.6. The van der Waals surface area contributed by atoms with Gasteiger partial charge >= 0.3 is 5.97 Å². The molecule has 0 unspecified atom stereocenters. The van der Waals surface area contributed by atoms with Crippen LogP contribution in [-0.4, -0.2) is 17.2 Å². The molecule has 3 heteroatoms. The summed E-state index contributed by atoms with van der Waals surface area (Å²) in [5.74, 6) is 0.280. The van der Waals surface area contributed by atoms with E-state index in [1.807, 2.05) is 18.2 Å². The molecule has 3 nitrogen and oxygen atoms in total. The first-order valence-electron chi connectivity index (χ1n) is 5.83. The largest absolute Gasteiger partial charge is 0.435 e. The molecule has 0 bridgehead atoms. The Morgan fingerprint density at radius 2 is 2.31 bits per heavy atom. The van der Waals surface area contributed by atoms with Crippen LogP contribution in [0.25, 0.3) is 0 Å². The second-order valence-electron chi connectivity index (χ2n) is 4.26.